The molecule has 0 radical (unpaired) electrons. The first-order valence-corrected chi connectivity index (χ1v) is 11.1. The van der Waals surface area contributed by atoms with E-state index in [0.29, 0.717) is 5.92 Å². The number of hydrogen-bond donors (Lipinski definition) is 2. The number of benzene rings is 1. The highest BCUT2D eigenvalue weighted by atomic mass is 32.2. The number of carbonyl (C=O) groups is 1. The first-order valence-electron chi connectivity index (χ1n) is 9.62. The Bertz CT molecular complexity index is 775. The summed E-state index contributed by atoms with van der Waals surface area (Å²) in [5.41, 5.74) is 1.99. The Labute approximate surface area is 157 Å². The molecular weight excluding hydrogens is 348 g/mol. The Morgan fingerprint density at radius 1 is 1.19 bits per heavy atom. The second-order valence-corrected chi connectivity index (χ2v) is 9.86. The number of nitrogens with one attached hydrogen (secondary N) is 2. The van der Waals surface area contributed by atoms with E-state index >= 15 is 0 Å². The van der Waals surface area contributed by atoms with Gasteiger partial charge in [0.2, 0.25) is 15.9 Å². The van der Waals surface area contributed by atoms with Crippen molar-refractivity contribution in [1.29, 1.82) is 0 Å². The highest BCUT2D eigenvalue weighted by Crippen LogP contribution is 2.49. The molecular formula is C20H30N2O3S. The summed E-state index contributed by atoms with van der Waals surface area (Å²) in [6, 6.07) is 5.24. The molecule has 2 bridgehead atoms. The van der Waals surface area contributed by atoms with Gasteiger partial charge in [-0.15, -0.1) is 0 Å². The van der Waals surface area contributed by atoms with Gasteiger partial charge < -0.3 is 5.32 Å². The first-order chi connectivity index (χ1) is 12.3. The molecule has 0 spiro atoms. The highest BCUT2D eigenvalue weighted by Gasteiger charge is 2.42. The molecule has 1 amide bonds. The molecule has 26 heavy (non-hydrogen) atoms. The van der Waals surface area contributed by atoms with Gasteiger partial charge in [-0.3, -0.25) is 4.79 Å². The van der Waals surface area contributed by atoms with Crippen molar-refractivity contribution in [2.45, 2.75) is 63.8 Å². The molecule has 2 aliphatic carbocycles. The zero-order valence-electron chi connectivity index (χ0n) is 15.9. The summed E-state index contributed by atoms with van der Waals surface area (Å²) >= 11 is 0. The molecule has 144 valence electrons. The fourth-order valence-corrected chi connectivity index (χ4v) is 5.72. The SMILES string of the molecule is Cc1ccc(S(=O)(=O)NCCC(=O)N[C@@H](C)[C@H]2C[C@H]3CC[C@H]2C3)cc1C. The van der Waals surface area contributed by atoms with Crippen LogP contribution in [0.3, 0.4) is 0 Å². The van der Waals surface area contributed by atoms with E-state index in [1.54, 1.807) is 18.2 Å². The monoisotopic (exact) mass is 378 g/mol. The van der Waals surface area contributed by atoms with Crippen molar-refractivity contribution in [3.8, 4) is 0 Å². The summed E-state index contributed by atoms with van der Waals surface area (Å²) in [5.74, 6) is 2.13. The van der Waals surface area contributed by atoms with Gasteiger partial charge in [0.1, 0.15) is 0 Å². The summed E-state index contributed by atoms with van der Waals surface area (Å²) in [6.45, 7) is 6.03. The quantitative estimate of drug-likeness (QED) is 0.766. The lowest BCUT2D eigenvalue weighted by atomic mass is 9.84. The minimum atomic E-state index is -3.58. The van der Waals surface area contributed by atoms with Gasteiger partial charge in [-0.2, -0.15) is 0 Å². The minimum absolute atomic E-state index is 0.0805. The van der Waals surface area contributed by atoms with Gasteiger partial charge >= 0.3 is 0 Å². The molecule has 5 nitrogen and oxygen atoms in total. The van der Waals surface area contributed by atoms with Gasteiger partial charge in [0.05, 0.1) is 4.90 Å². The van der Waals surface area contributed by atoms with Crippen LogP contribution in [-0.4, -0.2) is 26.9 Å². The Kier molecular flexibility index (Phi) is 5.72. The minimum Gasteiger partial charge on any atom is -0.353 e. The summed E-state index contributed by atoms with van der Waals surface area (Å²) in [4.78, 5) is 12.4. The first kappa shape index (κ1) is 19.4. The number of amides is 1. The molecule has 2 fully saturated rings. The Morgan fingerprint density at radius 2 is 1.96 bits per heavy atom. The smallest absolute Gasteiger partial charge is 0.240 e. The fourth-order valence-electron chi connectivity index (χ4n) is 4.60. The van der Waals surface area contributed by atoms with Crippen molar-refractivity contribution in [3.05, 3.63) is 29.3 Å². The number of rotatable bonds is 7. The number of hydrogen-bond acceptors (Lipinski definition) is 3. The van der Waals surface area contributed by atoms with Crippen molar-refractivity contribution in [3.63, 3.8) is 0 Å². The largest absolute Gasteiger partial charge is 0.353 e. The Balaban J connectivity index is 1.46. The standard InChI is InChI=1S/C20H30N2O3S/c1-13-4-7-18(10-14(13)2)26(24,25)21-9-8-20(23)22-15(3)19-12-16-5-6-17(19)11-16/h4,7,10,15-17,19,21H,5-6,8-9,11-12H2,1-3H3,(H,22,23)/t15-,16-,17-,19+/m0/s1. The average Bonchev–Trinajstić information content (AvgIpc) is 3.20. The second kappa shape index (κ2) is 7.69. The molecule has 3 rings (SSSR count). The van der Waals surface area contributed by atoms with Crippen LogP contribution in [0.15, 0.2) is 23.1 Å². The molecule has 1 aromatic rings. The van der Waals surface area contributed by atoms with E-state index in [0.717, 1.165) is 23.0 Å². The third-order valence-corrected chi connectivity index (χ3v) is 7.72. The summed E-state index contributed by atoms with van der Waals surface area (Å²) in [5, 5.41) is 3.08. The molecule has 0 saturated heterocycles. The van der Waals surface area contributed by atoms with Gasteiger partial charge in [-0.05, 0) is 81.0 Å². The van der Waals surface area contributed by atoms with E-state index in [1.165, 1.54) is 25.7 Å². The van der Waals surface area contributed by atoms with Crippen molar-refractivity contribution >= 4 is 15.9 Å². The van der Waals surface area contributed by atoms with Gasteiger partial charge in [-0.25, -0.2) is 13.1 Å². The molecule has 0 aliphatic heterocycles. The van der Waals surface area contributed by atoms with E-state index in [2.05, 4.69) is 17.0 Å². The van der Waals surface area contributed by atoms with Crippen molar-refractivity contribution < 1.29 is 13.2 Å². The van der Waals surface area contributed by atoms with Crippen LogP contribution in [-0.2, 0) is 14.8 Å². The van der Waals surface area contributed by atoms with Crippen LogP contribution in [0.25, 0.3) is 0 Å². The molecule has 4 atom stereocenters. The predicted octanol–water partition coefficient (Wildman–Crippen LogP) is 2.91. The van der Waals surface area contributed by atoms with E-state index in [1.807, 2.05) is 13.8 Å². The number of aryl methyl sites for hydroxylation is 2. The molecule has 2 aliphatic rings. The lowest BCUT2D eigenvalue weighted by Crippen LogP contribution is -2.41. The predicted molar refractivity (Wildman–Crippen MR) is 102 cm³/mol. The molecule has 1 aromatic carbocycles. The van der Waals surface area contributed by atoms with Gasteiger partial charge in [0, 0.05) is 19.0 Å². The van der Waals surface area contributed by atoms with Crippen LogP contribution in [0.5, 0.6) is 0 Å². The topological polar surface area (TPSA) is 75.3 Å². The lowest BCUT2D eigenvalue weighted by Gasteiger charge is -2.28. The molecule has 0 heterocycles. The fraction of sp³-hybridized carbons (Fsp3) is 0.650. The average molecular weight is 379 g/mol. The zero-order chi connectivity index (χ0) is 18.9. The van der Waals surface area contributed by atoms with Crippen LogP contribution in [0, 0.1) is 31.6 Å². The Morgan fingerprint density at radius 3 is 2.58 bits per heavy atom. The van der Waals surface area contributed by atoms with Crippen LogP contribution >= 0.6 is 0 Å². The maximum absolute atomic E-state index is 12.4. The lowest BCUT2D eigenvalue weighted by molar-refractivity contribution is -0.122. The molecule has 0 unspecified atom stereocenters. The van der Waals surface area contributed by atoms with E-state index < -0.39 is 10.0 Å². The second-order valence-electron chi connectivity index (χ2n) is 8.09. The summed E-state index contributed by atoms with van der Waals surface area (Å²) in [7, 11) is -3.58. The van der Waals surface area contributed by atoms with Crippen LogP contribution < -0.4 is 10.0 Å². The third kappa shape index (κ3) is 4.29. The number of carbonyl (C=O) groups excluding carboxylic acids is 1. The Hall–Kier alpha value is -1.40. The molecule has 2 saturated carbocycles. The number of fused-ring (bicyclic) bond motifs is 2. The van der Waals surface area contributed by atoms with Crippen LogP contribution in [0.2, 0.25) is 0 Å². The molecule has 0 aromatic heterocycles. The van der Waals surface area contributed by atoms with Gasteiger partial charge in [-0.1, -0.05) is 12.5 Å². The maximum Gasteiger partial charge on any atom is 0.240 e. The molecule has 6 heteroatoms. The molecule has 2 N–H and O–H groups in total. The van der Waals surface area contributed by atoms with Crippen molar-refractivity contribution in [2.75, 3.05) is 6.54 Å². The van der Waals surface area contributed by atoms with Crippen molar-refractivity contribution in [1.82, 2.24) is 10.0 Å². The van der Waals surface area contributed by atoms with E-state index in [9.17, 15) is 13.2 Å². The van der Waals surface area contributed by atoms with E-state index in [-0.39, 0.29) is 29.8 Å². The summed E-state index contributed by atoms with van der Waals surface area (Å²) in [6.07, 6.45) is 5.36. The normalized spacial score (nSPS) is 26.0. The van der Waals surface area contributed by atoms with Crippen LogP contribution in [0.1, 0.15) is 50.2 Å². The van der Waals surface area contributed by atoms with Gasteiger partial charge in [0.15, 0.2) is 0 Å². The number of sulfonamides is 1. The van der Waals surface area contributed by atoms with Crippen LogP contribution in [0.4, 0.5) is 0 Å². The van der Waals surface area contributed by atoms with Crippen molar-refractivity contribution in [2.24, 2.45) is 17.8 Å². The van der Waals surface area contributed by atoms with E-state index in [4.69, 9.17) is 0 Å². The van der Waals surface area contributed by atoms with Gasteiger partial charge in [0.25, 0.3) is 0 Å². The summed E-state index contributed by atoms with van der Waals surface area (Å²) < 4.78 is 27.2. The third-order valence-electron chi connectivity index (χ3n) is 6.26. The highest BCUT2D eigenvalue weighted by molar-refractivity contribution is 7.89. The maximum atomic E-state index is 12.4. The zero-order valence-corrected chi connectivity index (χ0v) is 16.7.